The number of amides is 2. The summed E-state index contributed by atoms with van der Waals surface area (Å²) in [5.41, 5.74) is 0.375. The van der Waals surface area contributed by atoms with Crippen molar-refractivity contribution in [1.82, 2.24) is 5.32 Å². The predicted octanol–water partition coefficient (Wildman–Crippen LogP) is 1.93. The van der Waals surface area contributed by atoms with E-state index < -0.39 is 11.8 Å². The van der Waals surface area contributed by atoms with Gasteiger partial charge in [0.2, 0.25) is 0 Å². The summed E-state index contributed by atoms with van der Waals surface area (Å²) in [5.74, 6) is -0.410. The lowest BCUT2D eigenvalue weighted by Gasteiger charge is -2.06. The van der Waals surface area contributed by atoms with Crippen molar-refractivity contribution < 1.29 is 14.0 Å². The highest BCUT2D eigenvalue weighted by Crippen LogP contribution is 2.08. The summed E-state index contributed by atoms with van der Waals surface area (Å²) >= 11 is 0. The Kier molecular flexibility index (Phi) is 4.44. The van der Waals surface area contributed by atoms with Gasteiger partial charge < -0.3 is 10.6 Å². The Balaban J connectivity index is 2.37. The van der Waals surface area contributed by atoms with E-state index >= 15 is 0 Å². The molecule has 16 heavy (non-hydrogen) atoms. The fourth-order valence-corrected chi connectivity index (χ4v) is 1.09. The molecule has 0 bridgehead atoms. The van der Waals surface area contributed by atoms with Gasteiger partial charge >= 0.3 is 6.03 Å². The lowest BCUT2D eigenvalue weighted by atomic mass is 10.3. The van der Waals surface area contributed by atoms with Gasteiger partial charge in [0.25, 0.3) is 0 Å². The highest BCUT2D eigenvalue weighted by molar-refractivity contribution is 5.89. The molecule has 0 radical (unpaired) electrons. The zero-order valence-electron chi connectivity index (χ0n) is 8.92. The molecule has 0 aliphatic rings. The number of ketones is 1. The van der Waals surface area contributed by atoms with Gasteiger partial charge in [-0.2, -0.15) is 0 Å². The van der Waals surface area contributed by atoms with Gasteiger partial charge in [-0.05, 0) is 25.1 Å². The number of anilines is 1. The van der Waals surface area contributed by atoms with Gasteiger partial charge in [0.1, 0.15) is 11.6 Å². The molecular formula is C11H13FN2O2. The first-order valence-corrected chi connectivity index (χ1v) is 4.88. The highest BCUT2D eigenvalue weighted by Gasteiger charge is 2.02. The number of benzene rings is 1. The van der Waals surface area contributed by atoms with E-state index in [1.165, 1.54) is 25.1 Å². The topological polar surface area (TPSA) is 58.2 Å². The van der Waals surface area contributed by atoms with Crippen LogP contribution in [0.5, 0.6) is 0 Å². The molecule has 5 heteroatoms. The fraction of sp³-hybridized carbons (Fsp3) is 0.273. The van der Waals surface area contributed by atoms with Gasteiger partial charge in [0, 0.05) is 18.7 Å². The first-order chi connectivity index (χ1) is 7.58. The minimum absolute atomic E-state index is 0.00561. The fourth-order valence-electron chi connectivity index (χ4n) is 1.09. The normalized spacial score (nSPS) is 9.62. The smallest absolute Gasteiger partial charge is 0.319 e. The van der Waals surface area contributed by atoms with Gasteiger partial charge in [-0.25, -0.2) is 9.18 Å². The van der Waals surface area contributed by atoms with Crippen LogP contribution in [0.25, 0.3) is 0 Å². The number of carbonyl (C=O) groups is 2. The zero-order valence-corrected chi connectivity index (χ0v) is 8.92. The summed E-state index contributed by atoms with van der Waals surface area (Å²) in [5, 5.41) is 4.94. The first-order valence-electron chi connectivity index (χ1n) is 4.88. The molecule has 86 valence electrons. The summed E-state index contributed by atoms with van der Waals surface area (Å²) in [4.78, 5) is 21.9. The number of urea groups is 1. The van der Waals surface area contributed by atoms with Crippen molar-refractivity contribution in [1.29, 1.82) is 0 Å². The van der Waals surface area contributed by atoms with Crippen LogP contribution in [0.4, 0.5) is 14.9 Å². The Morgan fingerprint density at radius 2 is 2.12 bits per heavy atom. The third-order valence-corrected chi connectivity index (χ3v) is 1.85. The van der Waals surface area contributed by atoms with Crippen molar-refractivity contribution >= 4 is 17.5 Å². The molecule has 0 fully saturated rings. The van der Waals surface area contributed by atoms with Crippen molar-refractivity contribution in [3.63, 3.8) is 0 Å². The van der Waals surface area contributed by atoms with Crippen LogP contribution in [0, 0.1) is 5.82 Å². The number of Topliss-reactive ketones (excluding diaryl/α,β-unsaturated/α-hetero) is 1. The van der Waals surface area contributed by atoms with Crippen LogP contribution >= 0.6 is 0 Å². The van der Waals surface area contributed by atoms with Crippen LogP contribution in [-0.2, 0) is 4.79 Å². The van der Waals surface area contributed by atoms with Crippen molar-refractivity contribution in [2.45, 2.75) is 13.3 Å². The summed E-state index contributed by atoms with van der Waals surface area (Å²) in [6, 6.07) is 5.13. The van der Waals surface area contributed by atoms with E-state index in [9.17, 15) is 14.0 Å². The van der Waals surface area contributed by atoms with Crippen LogP contribution in [0.2, 0.25) is 0 Å². The summed E-state index contributed by atoms with van der Waals surface area (Å²) in [7, 11) is 0. The maximum Gasteiger partial charge on any atom is 0.319 e. The van der Waals surface area contributed by atoms with Crippen LogP contribution in [0.3, 0.4) is 0 Å². The molecule has 0 spiro atoms. The average molecular weight is 224 g/mol. The molecule has 2 N–H and O–H groups in total. The molecule has 1 aromatic rings. The number of nitrogens with one attached hydrogen (secondary N) is 2. The Bertz CT molecular complexity index is 393. The van der Waals surface area contributed by atoms with Crippen molar-refractivity contribution in [3.05, 3.63) is 30.1 Å². The number of hydrogen-bond donors (Lipinski definition) is 2. The summed E-state index contributed by atoms with van der Waals surface area (Å²) < 4.78 is 12.8. The first kappa shape index (κ1) is 12.2. The zero-order chi connectivity index (χ0) is 12.0. The number of carbonyl (C=O) groups excluding carboxylic acids is 2. The average Bonchev–Trinajstić information content (AvgIpc) is 2.16. The third-order valence-electron chi connectivity index (χ3n) is 1.85. The molecule has 1 rings (SSSR count). The molecule has 0 saturated carbocycles. The third kappa shape index (κ3) is 4.54. The van der Waals surface area contributed by atoms with E-state index in [1.54, 1.807) is 6.07 Å². The van der Waals surface area contributed by atoms with Gasteiger partial charge in [-0.3, -0.25) is 4.79 Å². The van der Waals surface area contributed by atoms with Gasteiger partial charge in [0.15, 0.2) is 0 Å². The Hall–Kier alpha value is -1.91. The quantitative estimate of drug-likeness (QED) is 0.820. The second-order valence-electron chi connectivity index (χ2n) is 3.34. The summed E-state index contributed by atoms with van der Waals surface area (Å²) in [6.45, 7) is 1.72. The van der Waals surface area contributed by atoms with E-state index in [0.29, 0.717) is 5.69 Å². The SMILES string of the molecule is CC(=O)CCNC(=O)Nc1cccc(F)c1. The van der Waals surface area contributed by atoms with E-state index in [0.717, 1.165) is 0 Å². The van der Waals surface area contributed by atoms with E-state index in [2.05, 4.69) is 10.6 Å². The summed E-state index contributed by atoms with van der Waals surface area (Å²) in [6.07, 6.45) is 0.288. The van der Waals surface area contributed by atoms with Crippen LogP contribution in [-0.4, -0.2) is 18.4 Å². The molecule has 2 amide bonds. The monoisotopic (exact) mass is 224 g/mol. The molecule has 0 aliphatic heterocycles. The Morgan fingerprint density at radius 3 is 2.75 bits per heavy atom. The lowest BCUT2D eigenvalue weighted by Crippen LogP contribution is -2.30. The molecule has 4 nitrogen and oxygen atoms in total. The maximum absolute atomic E-state index is 12.8. The molecule has 1 aromatic carbocycles. The van der Waals surface area contributed by atoms with Crippen molar-refractivity contribution in [3.8, 4) is 0 Å². The van der Waals surface area contributed by atoms with Gasteiger partial charge in [0.05, 0.1) is 0 Å². The highest BCUT2D eigenvalue weighted by atomic mass is 19.1. The molecule has 0 unspecified atom stereocenters. The molecule has 0 atom stereocenters. The standard InChI is InChI=1S/C11H13FN2O2/c1-8(15)5-6-13-11(16)14-10-4-2-3-9(12)7-10/h2-4,7H,5-6H2,1H3,(H2,13,14,16). The van der Waals surface area contributed by atoms with E-state index in [1.807, 2.05) is 0 Å². The van der Waals surface area contributed by atoms with Gasteiger partial charge in [-0.1, -0.05) is 6.07 Å². The maximum atomic E-state index is 12.8. The number of hydrogen-bond acceptors (Lipinski definition) is 2. The number of halogens is 1. The minimum atomic E-state index is -0.452. The minimum Gasteiger partial charge on any atom is -0.337 e. The molecule has 0 heterocycles. The molecule has 0 aliphatic carbocycles. The molecule has 0 saturated heterocycles. The number of rotatable bonds is 4. The van der Waals surface area contributed by atoms with E-state index in [-0.39, 0.29) is 18.7 Å². The molecule has 0 aromatic heterocycles. The van der Waals surface area contributed by atoms with Crippen molar-refractivity contribution in [2.75, 3.05) is 11.9 Å². The largest absolute Gasteiger partial charge is 0.337 e. The van der Waals surface area contributed by atoms with E-state index in [4.69, 9.17) is 0 Å². The van der Waals surface area contributed by atoms with Gasteiger partial charge in [-0.15, -0.1) is 0 Å². The predicted molar refractivity (Wildman–Crippen MR) is 58.7 cm³/mol. The second-order valence-corrected chi connectivity index (χ2v) is 3.34. The molecular weight excluding hydrogens is 211 g/mol. The second kappa shape index (κ2) is 5.85. The van der Waals surface area contributed by atoms with Crippen LogP contribution < -0.4 is 10.6 Å². The lowest BCUT2D eigenvalue weighted by molar-refractivity contribution is -0.116. The van der Waals surface area contributed by atoms with Crippen molar-refractivity contribution in [2.24, 2.45) is 0 Å². The Morgan fingerprint density at radius 1 is 1.38 bits per heavy atom. The van der Waals surface area contributed by atoms with Crippen LogP contribution in [0.1, 0.15) is 13.3 Å². The van der Waals surface area contributed by atoms with Crippen LogP contribution in [0.15, 0.2) is 24.3 Å². The Labute approximate surface area is 92.8 Å².